The third kappa shape index (κ3) is 3.01. The van der Waals surface area contributed by atoms with E-state index in [0.29, 0.717) is 17.9 Å². The number of piperidine rings is 1. The van der Waals surface area contributed by atoms with Crippen molar-refractivity contribution >= 4 is 0 Å². The van der Waals surface area contributed by atoms with Gasteiger partial charge in [0.15, 0.2) is 5.79 Å². The number of rotatable bonds is 2. The second-order valence-electron chi connectivity index (χ2n) is 6.17. The molecule has 0 atom stereocenters. The molecule has 0 amide bonds. The summed E-state index contributed by atoms with van der Waals surface area (Å²) in [5.74, 6) is 0.975. The highest BCUT2D eigenvalue weighted by molar-refractivity contribution is 4.84. The quantitative estimate of drug-likeness (QED) is 0.741. The Bertz CT molecular complexity index is 207. The van der Waals surface area contributed by atoms with Crippen molar-refractivity contribution in [2.75, 3.05) is 26.3 Å². The van der Waals surface area contributed by atoms with Gasteiger partial charge < -0.3 is 14.4 Å². The molecule has 0 aromatic heterocycles. The van der Waals surface area contributed by atoms with Crippen LogP contribution in [0.15, 0.2) is 0 Å². The van der Waals surface area contributed by atoms with Gasteiger partial charge in [-0.05, 0) is 19.8 Å². The molecule has 2 heterocycles. The van der Waals surface area contributed by atoms with Crippen molar-refractivity contribution in [3.63, 3.8) is 0 Å². The van der Waals surface area contributed by atoms with Gasteiger partial charge in [0, 0.05) is 37.9 Å². The van der Waals surface area contributed by atoms with Gasteiger partial charge >= 0.3 is 0 Å². The Morgan fingerprint density at radius 1 is 1.00 bits per heavy atom. The average molecular weight is 241 g/mol. The first kappa shape index (κ1) is 13.3. The zero-order valence-electron chi connectivity index (χ0n) is 11.7. The third-order valence-electron chi connectivity index (χ3n) is 4.35. The van der Waals surface area contributed by atoms with E-state index < -0.39 is 0 Å². The van der Waals surface area contributed by atoms with Crippen molar-refractivity contribution in [1.29, 1.82) is 0 Å². The largest absolute Gasteiger partial charge is 0.349 e. The van der Waals surface area contributed by atoms with Crippen LogP contribution in [0.3, 0.4) is 0 Å². The van der Waals surface area contributed by atoms with E-state index in [0.717, 1.165) is 39.1 Å². The molecule has 0 unspecified atom stereocenters. The summed E-state index contributed by atoms with van der Waals surface area (Å²) in [7, 11) is 0. The lowest BCUT2D eigenvalue weighted by Gasteiger charge is -2.46. The van der Waals surface area contributed by atoms with Crippen molar-refractivity contribution in [3.05, 3.63) is 0 Å². The van der Waals surface area contributed by atoms with Gasteiger partial charge in [-0.2, -0.15) is 0 Å². The molecule has 0 aliphatic carbocycles. The summed E-state index contributed by atoms with van der Waals surface area (Å²) < 4.78 is 12.1. The van der Waals surface area contributed by atoms with Gasteiger partial charge in [-0.3, -0.25) is 0 Å². The van der Waals surface area contributed by atoms with Crippen LogP contribution in [-0.2, 0) is 9.47 Å². The van der Waals surface area contributed by atoms with E-state index in [1.807, 2.05) is 0 Å². The Balaban J connectivity index is 1.84. The Kier molecular flexibility index (Phi) is 4.11. The van der Waals surface area contributed by atoms with Crippen molar-refractivity contribution in [3.8, 4) is 0 Å². The highest BCUT2D eigenvalue weighted by Gasteiger charge is 2.41. The molecule has 0 saturated carbocycles. The fraction of sp³-hybridized carbons (Fsp3) is 1.00. The van der Waals surface area contributed by atoms with E-state index in [2.05, 4.69) is 32.6 Å². The van der Waals surface area contributed by atoms with Crippen molar-refractivity contribution in [2.45, 2.75) is 52.4 Å². The maximum absolute atomic E-state index is 6.06. The molecule has 3 nitrogen and oxygen atoms in total. The molecular weight excluding hydrogens is 214 g/mol. The Hall–Kier alpha value is -0.120. The molecule has 0 bridgehead atoms. The van der Waals surface area contributed by atoms with Crippen molar-refractivity contribution in [1.82, 2.24) is 4.90 Å². The summed E-state index contributed by atoms with van der Waals surface area (Å²) in [6.45, 7) is 13.0. The van der Waals surface area contributed by atoms with Crippen molar-refractivity contribution < 1.29 is 9.47 Å². The Morgan fingerprint density at radius 2 is 1.53 bits per heavy atom. The minimum absolute atomic E-state index is 0.253. The molecule has 0 radical (unpaired) electrons. The van der Waals surface area contributed by atoms with E-state index >= 15 is 0 Å². The summed E-state index contributed by atoms with van der Waals surface area (Å²) in [6, 6.07) is 0.638. The smallest absolute Gasteiger partial charge is 0.170 e. The number of hydrogen-bond acceptors (Lipinski definition) is 3. The molecule has 2 rings (SSSR count). The van der Waals surface area contributed by atoms with Crippen LogP contribution in [0.1, 0.15) is 40.5 Å². The molecule has 2 fully saturated rings. The normalized spacial score (nSPS) is 27.2. The van der Waals surface area contributed by atoms with E-state index in [4.69, 9.17) is 9.47 Å². The summed E-state index contributed by atoms with van der Waals surface area (Å²) in [6.07, 6.45) is 2.05. The number of nitrogens with zero attached hydrogens (tertiary/aromatic N) is 1. The van der Waals surface area contributed by atoms with Crippen LogP contribution in [-0.4, -0.2) is 43.0 Å². The maximum atomic E-state index is 6.06. The molecule has 2 saturated heterocycles. The highest BCUT2D eigenvalue weighted by Crippen LogP contribution is 2.34. The maximum Gasteiger partial charge on any atom is 0.170 e. The Morgan fingerprint density at radius 3 is 1.94 bits per heavy atom. The van der Waals surface area contributed by atoms with E-state index in [9.17, 15) is 0 Å². The molecule has 0 N–H and O–H groups in total. The van der Waals surface area contributed by atoms with E-state index in [-0.39, 0.29) is 5.79 Å². The SMILES string of the molecule is CC(C)C1COC2(CCN(C(C)C)CC2)OC1. The second kappa shape index (κ2) is 5.25. The molecular formula is C14H27NO2. The zero-order chi connectivity index (χ0) is 12.5. The lowest BCUT2D eigenvalue weighted by atomic mass is 9.94. The molecule has 2 aliphatic rings. The summed E-state index contributed by atoms with van der Waals surface area (Å²) in [5.41, 5.74) is 0. The van der Waals surface area contributed by atoms with Gasteiger partial charge in [0.25, 0.3) is 0 Å². The molecule has 1 spiro atoms. The standard InChI is InChI=1S/C14H27NO2/c1-11(2)13-9-16-14(17-10-13)5-7-15(8-6-14)12(3)4/h11-13H,5-10H2,1-4H3. The number of ether oxygens (including phenoxy) is 2. The monoisotopic (exact) mass is 241 g/mol. The lowest BCUT2D eigenvalue weighted by Crippen LogP contribution is -2.53. The predicted molar refractivity (Wildman–Crippen MR) is 68.9 cm³/mol. The van der Waals surface area contributed by atoms with Gasteiger partial charge in [-0.15, -0.1) is 0 Å². The van der Waals surface area contributed by atoms with Gasteiger partial charge in [0.2, 0.25) is 0 Å². The summed E-state index contributed by atoms with van der Waals surface area (Å²) in [4.78, 5) is 2.51. The molecule has 17 heavy (non-hydrogen) atoms. The molecule has 0 aromatic rings. The predicted octanol–water partition coefficient (Wildman–Crippen LogP) is 2.51. The van der Waals surface area contributed by atoms with Crippen LogP contribution < -0.4 is 0 Å². The fourth-order valence-corrected chi connectivity index (χ4v) is 2.66. The van der Waals surface area contributed by atoms with Crippen LogP contribution in [0.4, 0.5) is 0 Å². The van der Waals surface area contributed by atoms with E-state index in [1.54, 1.807) is 0 Å². The summed E-state index contributed by atoms with van der Waals surface area (Å²) >= 11 is 0. The van der Waals surface area contributed by atoms with Crippen LogP contribution in [0.5, 0.6) is 0 Å². The van der Waals surface area contributed by atoms with Gasteiger partial charge in [0.05, 0.1) is 13.2 Å². The molecule has 100 valence electrons. The molecule has 2 aliphatic heterocycles. The van der Waals surface area contributed by atoms with Crippen LogP contribution in [0.2, 0.25) is 0 Å². The summed E-state index contributed by atoms with van der Waals surface area (Å²) in [5, 5.41) is 0. The van der Waals surface area contributed by atoms with Crippen molar-refractivity contribution in [2.24, 2.45) is 11.8 Å². The Labute approximate surface area is 105 Å². The lowest BCUT2D eigenvalue weighted by molar-refractivity contribution is -0.303. The first-order valence-electron chi connectivity index (χ1n) is 7.04. The van der Waals surface area contributed by atoms with Crippen LogP contribution in [0, 0.1) is 11.8 Å². The number of hydrogen-bond donors (Lipinski definition) is 0. The van der Waals surface area contributed by atoms with Gasteiger partial charge in [0.1, 0.15) is 0 Å². The topological polar surface area (TPSA) is 21.7 Å². The third-order valence-corrected chi connectivity index (χ3v) is 4.35. The second-order valence-corrected chi connectivity index (χ2v) is 6.17. The molecule has 0 aromatic carbocycles. The fourth-order valence-electron chi connectivity index (χ4n) is 2.66. The molecule has 3 heteroatoms. The van der Waals surface area contributed by atoms with Crippen LogP contribution >= 0.6 is 0 Å². The zero-order valence-corrected chi connectivity index (χ0v) is 11.7. The van der Waals surface area contributed by atoms with Crippen LogP contribution in [0.25, 0.3) is 0 Å². The average Bonchev–Trinajstić information content (AvgIpc) is 2.30. The minimum atomic E-state index is -0.253. The van der Waals surface area contributed by atoms with E-state index in [1.165, 1.54) is 0 Å². The first-order valence-corrected chi connectivity index (χ1v) is 7.04. The van der Waals surface area contributed by atoms with Gasteiger partial charge in [-0.1, -0.05) is 13.8 Å². The van der Waals surface area contributed by atoms with Gasteiger partial charge in [-0.25, -0.2) is 0 Å². The first-order chi connectivity index (χ1) is 8.02. The highest BCUT2D eigenvalue weighted by atomic mass is 16.7. The number of likely N-dealkylation sites (tertiary alicyclic amines) is 1. The minimum Gasteiger partial charge on any atom is -0.349 e.